The van der Waals surface area contributed by atoms with Crippen LogP contribution in [0.15, 0.2) is 0 Å². The molecule has 0 atom stereocenters. The van der Waals surface area contributed by atoms with Crippen LogP contribution < -0.4 is 0 Å². The van der Waals surface area contributed by atoms with Crippen molar-refractivity contribution in [3.05, 3.63) is 0 Å². The highest BCUT2D eigenvalue weighted by molar-refractivity contribution is 5.84. The number of esters is 1. The SMILES string of the molecule is CCOC(=O)CCC(=O)CN(C)C(C)(C)CC. The monoisotopic (exact) mass is 243 g/mol. The Morgan fingerprint density at radius 3 is 2.24 bits per heavy atom. The van der Waals surface area contributed by atoms with Gasteiger partial charge in [-0.2, -0.15) is 0 Å². The average Bonchev–Trinajstić information content (AvgIpc) is 2.26. The van der Waals surface area contributed by atoms with Crippen molar-refractivity contribution < 1.29 is 14.3 Å². The lowest BCUT2D eigenvalue weighted by Gasteiger charge is -2.34. The Morgan fingerprint density at radius 2 is 1.76 bits per heavy atom. The zero-order valence-electron chi connectivity index (χ0n) is 11.7. The molecule has 0 fully saturated rings. The van der Waals surface area contributed by atoms with E-state index in [0.29, 0.717) is 13.2 Å². The molecule has 0 heterocycles. The lowest BCUT2D eigenvalue weighted by atomic mass is 9.99. The van der Waals surface area contributed by atoms with Crippen molar-refractivity contribution in [3.63, 3.8) is 0 Å². The summed E-state index contributed by atoms with van der Waals surface area (Å²) in [6, 6.07) is 0. The number of likely N-dealkylation sites (N-methyl/N-ethyl adjacent to an activating group) is 1. The fourth-order valence-corrected chi connectivity index (χ4v) is 1.30. The van der Waals surface area contributed by atoms with E-state index in [1.807, 2.05) is 11.9 Å². The van der Waals surface area contributed by atoms with Gasteiger partial charge in [0.25, 0.3) is 0 Å². The van der Waals surface area contributed by atoms with Gasteiger partial charge in [0.2, 0.25) is 0 Å². The van der Waals surface area contributed by atoms with Crippen molar-refractivity contribution in [2.75, 3.05) is 20.2 Å². The van der Waals surface area contributed by atoms with Gasteiger partial charge in [-0.1, -0.05) is 6.92 Å². The van der Waals surface area contributed by atoms with Gasteiger partial charge < -0.3 is 4.74 Å². The van der Waals surface area contributed by atoms with Crippen LogP contribution in [0.1, 0.15) is 47.0 Å². The van der Waals surface area contributed by atoms with E-state index in [-0.39, 0.29) is 30.1 Å². The van der Waals surface area contributed by atoms with Crippen LogP contribution in [0, 0.1) is 0 Å². The maximum atomic E-state index is 11.7. The molecule has 4 nitrogen and oxygen atoms in total. The van der Waals surface area contributed by atoms with Crippen LogP contribution in [0.2, 0.25) is 0 Å². The molecule has 0 N–H and O–H groups in total. The Morgan fingerprint density at radius 1 is 1.18 bits per heavy atom. The highest BCUT2D eigenvalue weighted by atomic mass is 16.5. The number of carbonyl (C=O) groups is 2. The molecule has 0 radical (unpaired) electrons. The molecule has 0 aromatic heterocycles. The van der Waals surface area contributed by atoms with Gasteiger partial charge >= 0.3 is 5.97 Å². The maximum Gasteiger partial charge on any atom is 0.306 e. The number of carbonyl (C=O) groups excluding carboxylic acids is 2. The highest BCUT2D eigenvalue weighted by Gasteiger charge is 2.22. The third kappa shape index (κ3) is 6.41. The number of hydrogen-bond acceptors (Lipinski definition) is 4. The number of ketones is 1. The van der Waals surface area contributed by atoms with E-state index in [9.17, 15) is 9.59 Å². The molecule has 0 aromatic carbocycles. The van der Waals surface area contributed by atoms with Gasteiger partial charge in [0.15, 0.2) is 0 Å². The molecule has 0 spiro atoms. The molecule has 0 aliphatic rings. The first-order chi connectivity index (χ1) is 7.83. The summed E-state index contributed by atoms with van der Waals surface area (Å²) < 4.78 is 4.78. The number of hydrogen-bond donors (Lipinski definition) is 0. The molecule has 0 aliphatic carbocycles. The summed E-state index contributed by atoms with van der Waals surface area (Å²) in [5, 5.41) is 0. The molecule has 0 rings (SSSR count). The van der Waals surface area contributed by atoms with E-state index in [1.165, 1.54) is 0 Å². The predicted molar refractivity (Wildman–Crippen MR) is 67.9 cm³/mol. The Kier molecular flexibility index (Phi) is 7.04. The summed E-state index contributed by atoms with van der Waals surface area (Å²) in [6.07, 6.45) is 1.44. The number of nitrogens with zero attached hydrogens (tertiary/aromatic N) is 1. The molecule has 0 saturated carbocycles. The summed E-state index contributed by atoms with van der Waals surface area (Å²) in [6.45, 7) is 8.82. The normalized spacial score (nSPS) is 11.6. The number of rotatable bonds is 8. The third-order valence-electron chi connectivity index (χ3n) is 3.23. The molecule has 100 valence electrons. The summed E-state index contributed by atoms with van der Waals surface area (Å²) in [5.74, 6) is -0.208. The second kappa shape index (κ2) is 7.43. The van der Waals surface area contributed by atoms with Crippen LogP contribution >= 0.6 is 0 Å². The molecular formula is C13H25NO3. The minimum Gasteiger partial charge on any atom is -0.466 e. The molecule has 0 aromatic rings. The van der Waals surface area contributed by atoms with E-state index in [1.54, 1.807) is 6.92 Å². The van der Waals surface area contributed by atoms with Crippen LogP contribution in [-0.2, 0) is 14.3 Å². The Balaban J connectivity index is 3.98. The van der Waals surface area contributed by atoms with Gasteiger partial charge in [-0.25, -0.2) is 0 Å². The minimum absolute atomic E-state index is 0.0135. The Bertz CT molecular complexity index is 261. The van der Waals surface area contributed by atoms with Crippen molar-refractivity contribution >= 4 is 11.8 Å². The topological polar surface area (TPSA) is 46.6 Å². The first-order valence-corrected chi connectivity index (χ1v) is 6.22. The maximum absolute atomic E-state index is 11.7. The molecule has 17 heavy (non-hydrogen) atoms. The standard InChI is InChI=1S/C13H25NO3/c1-6-13(3,4)14(5)10-11(15)8-9-12(16)17-7-2/h6-10H2,1-5H3. The predicted octanol–water partition coefficient (Wildman–Crippen LogP) is 2.02. The molecule has 0 amide bonds. The highest BCUT2D eigenvalue weighted by Crippen LogP contribution is 2.16. The summed E-state index contributed by atoms with van der Waals surface area (Å²) in [5.41, 5.74) is 0.0135. The van der Waals surface area contributed by atoms with Crippen molar-refractivity contribution in [1.82, 2.24) is 4.90 Å². The van der Waals surface area contributed by atoms with Crippen molar-refractivity contribution in [1.29, 1.82) is 0 Å². The number of ether oxygens (including phenoxy) is 1. The van der Waals surface area contributed by atoms with Gasteiger partial charge in [-0.15, -0.1) is 0 Å². The second-order valence-corrected chi connectivity index (χ2v) is 4.87. The van der Waals surface area contributed by atoms with E-state index < -0.39 is 0 Å². The third-order valence-corrected chi connectivity index (χ3v) is 3.23. The lowest BCUT2D eigenvalue weighted by molar-refractivity contribution is -0.144. The first-order valence-electron chi connectivity index (χ1n) is 6.22. The number of Topliss-reactive ketones (excluding diaryl/α,β-unsaturated/α-hetero) is 1. The molecule has 0 aliphatic heterocycles. The van der Waals surface area contributed by atoms with E-state index >= 15 is 0 Å². The van der Waals surface area contributed by atoms with E-state index in [2.05, 4.69) is 20.8 Å². The molecular weight excluding hydrogens is 218 g/mol. The quantitative estimate of drug-likeness (QED) is 0.612. The van der Waals surface area contributed by atoms with Crippen LogP contribution in [0.5, 0.6) is 0 Å². The van der Waals surface area contributed by atoms with Crippen LogP contribution in [0.4, 0.5) is 0 Å². The van der Waals surface area contributed by atoms with Gasteiger partial charge in [0.05, 0.1) is 19.6 Å². The molecule has 0 bridgehead atoms. The van der Waals surface area contributed by atoms with E-state index in [4.69, 9.17) is 4.74 Å². The summed E-state index contributed by atoms with van der Waals surface area (Å²) >= 11 is 0. The van der Waals surface area contributed by atoms with Gasteiger partial charge in [-0.05, 0) is 34.2 Å². The Hall–Kier alpha value is -0.900. The zero-order valence-corrected chi connectivity index (χ0v) is 11.7. The molecule has 4 heteroatoms. The fraction of sp³-hybridized carbons (Fsp3) is 0.846. The summed E-state index contributed by atoms with van der Waals surface area (Å²) in [4.78, 5) is 24.8. The van der Waals surface area contributed by atoms with Gasteiger partial charge in [0, 0.05) is 12.0 Å². The van der Waals surface area contributed by atoms with Crippen molar-refractivity contribution in [2.45, 2.75) is 52.5 Å². The average molecular weight is 243 g/mol. The second-order valence-electron chi connectivity index (χ2n) is 4.87. The molecule has 0 saturated heterocycles. The van der Waals surface area contributed by atoms with Crippen molar-refractivity contribution in [3.8, 4) is 0 Å². The van der Waals surface area contributed by atoms with Crippen LogP contribution in [0.25, 0.3) is 0 Å². The van der Waals surface area contributed by atoms with E-state index in [0.717, 1.165) is 6.42 Å². The van der Waals surface area contributed by atoms with Gasteiger partial charge in [0.1, 0.15) is 5.78 Å². The Labute approximate surface area is 104 Å². The smallest absolute Gasteiger partial charge is 0.306 e. The van der Waals surface area contributed by atoms with Crippen LogP contribution in [-0.4, -0.2) is 42.4 Å². The minimum atomic E-state index is -0.293. The van der Waals surface area contributed by atoms with Crippen LogP contribution in [0.3, 0.4) is 0 Å². The first kappa shape index (κ1) is 16.1. The van der Waals surface area contributed by atoms with Gasteiger partial charge in [-0.3, -0.25) is 14.5 Å². The lowest BCUT2D eigenvalue weighted by Crippen LogP contribution is -2.43. The fourth-order valence-electron chi connectivity index (χ4n) is 1.30. The molecule has 0 unspecified atom stereocenters. The zero-order chi connectivity index (χ0) is 13.5. The largest absolute Gasteiger partial charge is 0.466 e. The summed E-state index contributed by atoms with van der Waals surface area (Å²) in [7, 11) is 1.94. The van der Waals surface area contributed by atoms with Crippen molar-refractivity contribution in [2.24, 2.45) is 0 Å².